The Bertz CT molecular complexity index is 675. The first-order chi connectivity index (χ1) is 11.8. The molecule has 2 aliphatic rings. The molecule has 1 amide bonds. The summed E-state index contributed by atoms with van der Waals surface area (Å²) in [5, 5.41) is 10.5. The lowest BCUT2D eigenvalue weighted by Crippen LogP contribution is -2.35. The zero-order chi connectivity index (χ0) is 16.4. The van der Waals surface area contributed by atoms with Gasteiger partial charge in [-0.25, -0.2) is 4.79 Å². The summed E-state index contributed by atoms with van der Waals surface area (Å²) >= 11 is 0. The molecule has 1 aromatic heterocycles. The molecule has 2 aromatic rings. The van der Waals surface area contributed by atoms with Crippen LogP contribution in [0.5, 0.6) is 0 Å². The van der Waals surface area contributed by atoms with Crippen LogP contribution in [0.1, 0.15) is 17.7 Å². The van der Waals surface area contributed by atoms with E-state index in [0.29, 0.717) is 18.4 Å². The molecule has 126 valence electrons. The highest BCUT2D eigenvalue weighted by molar-refractivity contribution is 5.67. The van der Waals surface area contributed by atoms with Gasteiger partial charge in [-0.3, -0.25) is 0 Å². The second-order valence-electron chi connectivity index (χ2n) is 6.55. The summed E-state index contributed by atoms with van der Waals surface area (Å²) in [7, 11) is 0. The predicted octanol–water partition coefficient (Wildman–Crippen LogP) is 2.08. The molecule has 2 N–H and O–H groups in total. The third kappa shape index (κ3) is 2.67. The van der Waals surface area contributed by atoms with Gasteiger partial charge in [0.25, 0.3) is 0 Å². The molecule has 6 nitrogen and oxygen atoms in total. The molecule has 1 saturated carbocycles. The van der Waals surface area contributed by atoms with Crippen LogP contribution in [0.25, 0.3) is 0 Å². The predicted molar refractivity (Wildman–Crippen MR) is 87.3 cm³/mol. The van der Waals surface area contributed by atoms with Crippen LogP contribution >= 0.6 is 0 Å². The largest absolute Gasteiger partial charge is 0.445 e. The van der Waals surface area contributed by atoms with Crippen LogP contribution in [0.2, 0.25) is 0 Å². The van der Waals surface area contributed by atoms with Crippen molar-refractivity contribution >= 4 is 6.09 Å². The summed E-state index contributed by atoms with van der Waals surface area (Å²) in [4.78, 5) is 12.1. The van der Waals surface area contributed by atoms with Crippen LogP contribution in [0.15, 0.2) is 47.2 Å². The normalized spacial score (nSPS) is 28.0. The highest BCUT2D eigenvalue weighted by Crippen LogP contribution is 2.61. The maximum Gasteiger partial charge on any atom is 0.407 e. The van der Waals surface area contributed by atoms with Crippen LogP contribution in [0.3, 0.4) is 0 Å². The number of carbonyl (C=O) groups is 1. The number of rotatable bonds is 5. The molecule has 24 heavy (non-hydrogen) atoms. The zero-order valence-electron chi connectivity index (χ0n) is 13.4. The Morgan fingerprint density at radius 3 is 2.92 bits per heavy atom. The Balaban J connectivity index is 1.37. The van der Waals surface area contributed by atoms with Gasteiger partial charge >= 0.3 is 6.09 Å². The van der Waals surface area contributed by atoms with Gasteiger partial charge in [0.2, 0.25) is 0 Å². The van der Waals surface area contributed by atoms with Crippen molar-refractivity contribution in [3.8, 4) is 0 Å². The van der Waals surface area contributed by atoms with Gasteiger partial charge in [-0.2, -0.15) is 0 Å². The fourth-order valence-corrected chi connectivity index (χ4v) is 4.08. The van der Waals surface area contributed by atoms with Crippen LogP contribution in [-0.2, 0) is 16.8 Å². The lowest BCUT2D eigenvalue weighted by molar-refractivity contribution is 0.138. The average Bonchev–Trinajstić information content (AvgIpc) is 2.98. The standard InChI is InChI=1S/C18H21N3O3/c22-17(23-11-13-4-2-1-3-5-13)20-12-18(16-7-9-24-21-16)14-6-8-19-10-15(14)18/h1-5,7,9,14-15,19H,6,8,10-12H2,(H,20,22)/t14-,15+,18+/m1/s1. The molecule has 6 heteroatoms. The summed E-state index contributed by atoms with van der Waals surface area (Å²) in [6.45, 7) is 2.78. The number of aromatic nitrogens is 1. The number of piperidine rings is 1. The Kier molecular flexibility index (Phi) is 3.98. The SMILES string of the molecule is O=C(NC[C@]1(c2ccon2)[C@@H]2CCNC[C@@H]21)OCc1ccccc1. The van der Waals surface area contributed by atoms with Gasteiger partial charge in [0, 0.05) is 18.0 Å². The third-order valence-electron chi connectivity index (χ3n) is 5.35. The number of carbonyl (C=O) groups excluding carboxylic acids is 1. The summed E-state index contributed by atoms with van der Waals surface area (Å²) in [6.07, 6.45) is 2.30. The van der Waals surface area contributed by atoms with E-state index < -0.39 is 6.09 Å². The van der Waals surface area contributed by atoms with Gasteiger partial charge in [-0.1, -0.05) is 35.5 Å². The van der Waals surface area contributed by atoms with E-state index in [-0.39, 0.29) is 12.0 Å². The smallest absolute Gasteiger partial charge is 0.407 e. The number of amides is 1. The van der Waals surface area contributed by atoms with E-state index in [0.717, 1.165) is 30.8 Å². The number of alkyl carbamates (subject to hydrolysis) is 1. The molecule has 1 saturated heterocycles. The van der Waals surface area contributed by atoms with Crippen LogP contribution in [0, 0.1) is 11.8 Å². The molecule has 4 rings (SSSR count). The highest BCUT2D eigenvalue weighted by Gasteiger charge is 2.66. The van der Waals surface area contributed by atoms with Crippen LogP contribution < -0.4 is 10.6 Å². The Morgan fingerprint density at radius 2 is 2.21 bits per heavy atom. The minimum atomic E-state index is -0.390. The van der Waals surface area contributed by atoms with Gasteiger partial charge in [0.15, 0.2) is 0 Å². The topological polar surface area (TPSA) is 76.4 Å². The number of nitrogens with one attached hydrogen (secondary N) is 2. The van der Waals surface area contributed by atoms with E-state index in [1.165, 1.54) is 0 Å². The second-order valence-corrected chi connectivity index (χ2v) is 6.55. The number of hydrogen-bond donors (Lipinski definition) is 2. The van der Waals surface area contributed by atoms with E-state index >= 15 is 0 Å². The van der Waals surface area contributed by atoms with Crippen molar-refractivity contribution in [2.24, 2.45) is 11.8 Å². The first-order valence-electron chi connectivity index (χ1n) is 8.37. The van der Waals surface area contributed by atoms with E-state index in [4.69, 9.17) is 9.26 Å². The van der Waals surface area contributed by atoms with E-state index in [9.17, 15) is 4.79 Å². The number of nitrogens with zero attached hydrogens (tertiary/aromatic N) is 1. The maximum absolute atomic E-state index is 12.1. The van der Waals surface area contributed by atoms with Crippen molar-refractivity contribution in [1.82, 2.24) is 15.8 Å². The number of hydrogen-bond acceptors (Lipinski definition) is 5. The molecule has 1 aliphatic heterocycles. The second kappa shape index (κ2) is 6.28. The van der Waals surface area contributed by atoms with Gasteiger partial charge in [0.05, 0.1) is 5.69 Å². The Morgan fingerprint density at radius 1 is 1.33 bits per heavy atom. The van der Waals surface area contributed by atoms with Gasteiger partial charge < -0.3 is 19.9 Å². The van der Waals surface area contributed by atoms with Crippen molar-refractivity contribution in [3.05, 3.63) is 53.9 Å². The molecule has 0 unspecified atom stereocenters. The van der Waals surface area contributed by atoms with Crippen molar-refractivity contribution in [1.29, 1.82) is 0 Å². The monoisotopic (exact) mass is 327 g/mol. The fourth-order valence-electron chi connectivity index (χ4n) is 4.08. The van der Waals surface area contributed by atoms with Crippen molar-refractivity contribution < 1.29 is 14.1 Å². The third-order valence-corrected chi connectivity index (χ3v) is 5.35. The first-order valence-corrected chi connectivity index (χ1v) is 8.37. The van der Waals surface area contributed by atoms with Crippen molar-refractivity contribution in [2.75, 3.05) is 19.6 Å². The first kappa shape index (κ1) is 15.2. The van der Waals surface area contributed by atoms with Crippen LogP contribution in [-0.4, -0.2) is 30.9 Å². The Labute approximate surface area is 140 Å². The van der Waals surface area contributed by atoms with E-state index in [1.807, 2.05) is 36.4 Å². The molecule has 2 fully saturated rings. The average molecular weight is 327 g/mol. The number of ether oxygens (including phenoxy) is 1. The molecule has 0 spiro atoms. The summed E-state index contributed by atoms with van der Waals surface area (Å²) in [5.74, 6) is 1.03. The lowest BCUT2D eigenvalue weighted by atomic mass is 9.97. The molecular weight excluding hydrogens is 306 g/mol. The minimum Gasteiger partial charge on any atom is -0.445 e. The molecule has 0 radical (unpaired) electrons. The van der Waals surface area contributed by atoms with Crippen LogP contribution in [0.4, 0.5) is 4.79 Å². The van der Waals surface area contributed by atoms with Gasteiger partial charge in [0.1, 0.15) is 12.9 Å². The van der Waals surface area contributed by atoms with Crippen molar-refractivity contribution in [3.63, 3.8) is 0 Å². The lowest BCUT2D eigenvalue weighted by Gasteiger charge is -2.16. The van der Waals surface area contributed by atoms with Crippen molar-refractivity contribution in [2.45, 2.75) is 18.4 Å². The van der Waals surface area contributed by atoms with E-state index in [2.05, 4.69) is 15.8 Å². The molecule has 3 atom stereocenters. The molecule has 1 aromatic carbocycles. The summed E-state index contributed by atoms with van der Waals surface area (Å²) in [5.41, 5.74) is 1.79. The summed E-state index contributed by atoms with van der Waals surface area (Å²) < 4.78 is 10.4. The Hall–Kier alpha value is -2.34. The zero-order valence-corrected chi connectivity index (χ0v) is 13.4. The fraction of sp³-hybridized carbons (Fsp3) is 0.444. The minimum absolute atomic E-state index is 0.123. The van der Waals surface area contributed by atoms with Gasteiger partial charge in [-0.05, 0) is 36.9 Å². The quantitative estimate of drug-likeness (QED) is 0.879. The molecule has 1 aliphatic carbocycles. The van der Waals surface area contributed by atoms with Gasteiger partial charge in [-0.15, -0.1) is 0 Å². The van der Waals surface area contributed by atoms with E-state index in [1.54, 1.807) is 6.26 Å². The number of fused-ring (bicyclic) bond motifs is 1. The summed E-state index contributed by atoms with van der Waals surface area (Å²) in [6, 6.07) is 11.6. The molecule has 2 heterocycles. The molecule has 0 bridgehead atoms. The number of benzene rings is 1. The highest BCUT2D eigenvalue weighted by atomic mass is 16.5. The molecular formula is C18H21N3O3. The maximum atomic E-state index is 12.1.